The summed E-state index contributed by atoms with van der Waals surface area (Å²) in [6, 6.07) is 15.9. The maximum atomic E-state index is 11.9. The zero-order valence-electron chi connectivity index (χ0n) is 11.8. The molecule has 8 nitrogen and oxygen atoms in total. The van der Waals surface area contributed by atoms with Crippen LogP contribution in [0.5, 0.6) is 11.5 Å². The number of carbonyl (C=O) groups excluding carboxylic acids is 1. The maximum absolute atomic E-state index is 11.9. The highest BCUT2D eigenvalue weighted by atomic mass is 16.8. The number of nitrogens with two attached hydrogens (primary N) is 1. The Hall–Kier alpha value is -3.55. The van der Waals surface area contributed by atoms with Gasteiger partial charge < -0.3 is 21.0 Å². The quantitative estimate of drug-likeness (QED) is 0.711. The molecule has 23 heavy (non-hydrogen) atoms. The second-order valence-corrected chi connectivity index (χ2v) is 4.56. The molecule has 0 spiro atoms. The summed E-state index contributed by atoms with van der Waals surface area (Å²) in [5.41, 5.74) is 5.47. The van der Waals surface area contributed by atoms with Crippen molar-refractivity contribution in [1.29, 1.82) is 0 Å². The number of ether oxygens (including phenoxy) is 1. The van der Waals surface area contributed by atoms with E-state index in [9.17, 15) is 10.0 Å². The molecule has 0 aliphatic carbocycles. The van der Waals surface area contributed by atoms with Crippen LogP contribution >= 0.6 is 0 Å². The number of rotatable bonds is 4. The van der Waals surface area contributed by atoms with E-state index in [2.05, 4.69) is 15.1 Å². The Kier molecular flexibility index (Phi) is 3.79. The molecule has 1 aromatic heterocycles. The van der Waals surface area contributed by atoms with Crippen LogP contribution in [-0.2, 0) is 0 Å². The van der Waals surface area contributed by atoms with Crippen molar-refractivity contribution in [2.45, 2.75) is 0 Å². The number of nitrogens with one attached hydrogen (secondary N) is 1. The Balaban J connectivity index is 1.69. The van der Waals surface area contributed by atoms with E-state index in [1.165, 1.54) is 0 Å². The molecule has 3 N–H and O–H groups in total. The number of carbonyl (C=O) groups is 1. The number of para-hydroxylation sites is 1. The first kappa shape index (κ1) is 14.4. The van der Waals surface area contributed by atoms with Gasteiger partial charge in [0.25, 0.3) is 0 Å². The minimum absolute atomic E-state index is 0.0441. The molecule has 1 heterocycles. The van der Waals surface area contributed by atoms with Crippen LogP contribution in [0.3, 0.4) is 0 Å². The summed E-state index contributed by atoms with van der Waals surface area (Å²) in [4.78, 5) is 11.9. The molecule has 0 radical (unpaired) electrons. The summed E-state index contributed by atoms with van der Waals surface area (Å²) < 4.78 is 9.88. The minimum atomic E-state index is -0.713. The van der Waals surface area contributed by atoms with Crippen molar-refractivity contribution < 1.29 is 19.1 Å². The zero-order chi connectivity index (χ0) is 16.2. The van der Waals surface area contributed by atoms with Crippen LogP contribution < -0.4 is 20.7 Å². The van der Waals surface area contributed by atoms with Gasteiger partial charge >= 0.3 is 17.4 Å². The van der Waals surface area contributed by atoms with E-state index < -0.39 is 11.6 Å². The molecule has 2 aromatic carbocycles. The molecular formula is C15H12N4O4. The normalized spacial score (nSPS) is 10.3. The van der Waals surface area contributed by atoms with Gasteiger partial charge in [0.2, 0.25) is 0 Å². The third-order valence-corrected chi connectivity index (χ3v) is 2.94. The van der Waals surface area contributed by atoms with Gasteiger partial charge in [-0.3, -0.25) is 9.42 Å². The van der Waals surface area contributed by atoms with Gasteiger partial charge in [-0.2, -0.15) is 0 Å². The SMILES string of the molecule is Nc1no[n+]([O-])c1C(=O)Nc1ccc(Oc2ccccc2)cc1. The van der Waals surface area contributed by atoms with Crippen LogP contribution in [0.2, 0.25) is 0 Å². The lowest BCUT2D eigenvalue weighted by Gasteiger charge is -2.07. The molecule has 3 rings (SSSR count). The number of nitrogen functional groups attached to an aromatic ring is 1. The first-order valence-corrected chi connectivity index (χ1v) is 6.63. The van der Waals surface area contributed by atoms with E-state index in [4.69, 9.17) is 10.5 Å². The van der Waals surface area contributed by atoms with E-state index in [1.807, 2.05) is 30.3 Å². The van der Waals surface area contributed by atoms with Crippen LogP contribution in [0.15, 0.2) is 59.2 Å². The molecule has 0 fully saturated rings. The maximum Gasteiger partial charge on any atom is 0.318 e. The fraction of sp³-hybridized carbons (Fsp3) is 0. The third kappa shape index (κ3) is 3.21. The van der Waals surface area contributed by atoms with Crippen molar-refractivity contribution in [3.63, 3.8) is 0 Å². The largest absolute Gasteiger partial charge is 0.457 e. The summed E-state index contributed by atoms with van der Waals surface area (Å²) in [5.74, 6) is 0.323. The molecule has 0 saturated heterocycles. The number of benzene rings is 2. The van der Waals surface area contributed by atoms with Gasteiger partial charge in [0.1, 0.15) is 11.5 Å². The Labute approximate surface area is 130 Å². The van der Waals surface area contributed by atoms with Crippen molar-refractivity contribution >= 4 is 17.4 Å². The number of hydrogen-bond acceptors (Lipinski definition) is 6. The molecule has 8 heteroatoms. The van der Waals surface area contributed by atoms with Gasteiger partial charge in [0.15, 0.2) is 0 Å². The summed E-state index contributed by atoms with van der Waals surface area (Å²) in [6.45, 7) is 0. The van der Waals surface area contributed by atoms with Gasteiger partial charge in [-0.25, -0.2) is 0 Å². The summed E-state index contributed by atoms with van der Waals surface area (Å²) in [6.07, 6.45) is 0. The number of amides is 1. The first-order chi connectivity index (χ1) is 11.1. The van der Waals surface area contributed by atoms with Crippen LogP contribution in [0.25, 0.3) is 0 Å². The topological polar surface area (TPSA) is 117 Å². The highest BCUT2D eigenvalue weighted by Gasteiger charge is 2.24. The van der Waals surface area contributed by atoms with E-state index >= 15 is 0 Å². The van der Waals surface area contributed by atoms with E-state index in [0.717, 1.165) is 0 Å². The molecule has 116 valence electrons. The average molecular weight is 312 g/mol. The third-order valence-electron chi connectivity index (χ3n) is 2.94. The minimum Gasteiger partial charge on any atom is -0.457 e. The van der Waals surface area contributed by atoms with E-state index in [-0.39, 0.29) is 10.7 Å². The molecule has 1 amide bonds. The van der Waals surface area contributed by atoms with E-state index in [0.29, 0.717) is 17.2 Å². The Morgan fingerprint density at radius 2 is 1.78 bits per heavy atom. The van der Waals surface area contributed by atoms with Gasteiger partial charge in [-0.15, -0.1) is 0 Å². The van der Waals surface area contributed by atoms with Crippen LogP contribution in [-0.4, -0.2) is 11.1 Å². The van der Waals surface area contributed by atoms with Gasteiger partial charge in [0, 0.05) is 5.69 Å². The lowest BCUT2D eigenvalue weighted by atomic mass is 10.3. The average Bonchev–Trinajstić information content (AvgIpc) is 2.89. The number of nitrogens with zero attached hydrogens (tertiary/aromatic N) is 2. The number of anilines is 2. The second kappa shape index (κ2) is 6.06. The lowest BCUT2D eigenvalue weighted by Crippen LogP contribution is -2.34. The van der Waals surface area contributed by atoms with Crippen molar-refractivity contribution in [2.24, 2.45) is 0 Å². The van der Waals surface area contributed by atoms with Crippen molar-refractivity contribution in [1.82, 2.24) is 5.16 Å². The monoisotopic (exact) mass is 312 g/mol. The fourth-order valence-corrected chi connectivity index (χ4v) is 1.88. The zero-order valence-corrected chi connectivity index (χ0v) is 11.8. The lowest BCUT2D eigenvalue weighted by molar-refractivity contribution is -0.803. The van der Waals surface area contributed by atoms with Gasteiger partial charge in [-0.1, -0.05) is 18.2 Å². The number of hydrogen-bond donors (Lipinski definition) is 2. The molecule has 0 saturated carbocycles. The highest BCUT2D eigenvalue weighted by Crippen LogP contribution is 2.22. The fourth-order valence-electron chi connectivity index (χ4n) is 1.88. The molecule has 0 unspecified atom stereocenters. The molecule has 0 atom stereocenters. The van der Waals surface area contributed by atoms with Crippen LogP contribution in [0, 0.1) is 5.21 Å². The molecule has 3 aromatic rings. The Morgan fingerprint density at radius 1 is 1.13 bits per heavy atom. The predicted octanol–water partition coefficient (Wildman–Crippen LogP) is 1.93. The first-order valence-electron chi connectivity index (χ1n) is 6.63. The van der Waals surface area contributed by atoms with E-state index in [1.54, 1.807) is 24.3 Å². The van der Waals surface area contributed by atoms with Gasteiger partial charge in [-0.05, 0) is 41.3 Å². The highest BCUT2D eigenvalue weighted by molar-refractivity contribution is 6.04. The number of aromatic nitrogens is 2. The van der Waals surface area contributed by atoms with Gasteiger partial charge in [0.05, 0.1) is 5.16 Å². The summed E-state index contributed by atoms with van der Waals surface area (Å²) in [5, 5.41) is 17.0. The van der Waals surface area contributed by atoms with Crippen molar-refractivity contribution in [3.8, 4) is 11.5 Å². The van der Waals surface area contributed by atoms with Crippen LogP contribution in [0.4, 0.5) is 11.5 Å². The molecule has 0 aliphatic rings. The summed E-state index contributed by atoms with van der Waals surface area (Å²) >= 11 is 0. The Bertz CT molecular complexity index is 796. The molecule has 0 bridgehead atoms. The smallest absolute Gasteiger partial charge is 0.318 e. The van der Waals surface area contributed by atoms with Crippen LogP contribution in [0.1, 0.15) is 10.5 Å². The standard InChI is InChI=1S/C15H12N4O4/c16-14-13(19(21)23-18-14)15(20)17-10-6-8-12(9-7-10)22-11-4-2-1-3-5-11/h1-9H,(H2,16,18)(H,17,20). The predicted molar refractivity (Wildman–Crippen MR) is 80.8 cm³/mol. The van der Waals surface area contributed by atoms with Crippen molar-refractivity contribution in [2.75, 3.05) is 11.1 Å². The molecule has 0 aliphatic heterocycles. The Morgan fingerprint density at radius 3 is 2.39 bits per heavy atom. The molecular weight excluding hydrogens is 300 g/mol. The second-order valence-electron chi connectivity index (χ2n) is 4.56. The summed E-state index contributed by atoms with van der Waals surface area (Å²) in [7, 11) is 0. The van der Waals surface area contributed by atoms with Crippen molar-refractivity contribution in [3.05, 3.63) is 65.5 Å².